The Morgan fingerprint density at radius 2 is 1.51 bits per heavy atom. The van der Waals surface area contributed by atoms with Gasteiger partial charge in [-0.1, -0.05) is 65.7 Å². The fourth-order valence-electron chi connectivity index (χ4n) is 4.39. The average molecular weight is 512 g/mol. The van der Waals surface area contributed by atoms with Gasteiger partial charge in [0.1, 0.15) is 10.8 Å². The van der Waals surface area contributed by atoms with E-state index in [1.54, 1.807) is 12.1 Å². The van der Waals surface area contributed by atoms with Gasteiger partial charge in [0.25, 0.3) is 11.7 Å². The SMILES string of the molecule is COc1c(Cl)cc(/C(O)=C2\C(=O)C(=O)N(c3ccccc3C)C2c2ccccc2C)c(OC)c1Cl. The summed E-state index contributed by atoms with van der Waals surface area (Å²) in [5.74, 6) is -1.80. The second kappa shape index (κ2) is 9.64. The predicted octanol–water partition coefficient (Wildman–Crippen LogP) is 6.25. The minimum Gasteiger partial charge on any atom is -0.507 e. The monoisotopic (exact) mass is 511 g/mol. The number of aliphatic hydroxyl groups excluding tert-OH is 1. The van der Waals surface area contributed by atoms with Crippen molar-refractivity contribution in [2.45, 2.75) is 19.9 Å². The van der Waals surface area contributed by atoms with Gasteiger partial charge >= 0.3 is 0 Å². The van der Waals surface area contributed by atoms with Crippen LogP contribution in [0.15, 0.2) is 60.2 Å². The third-order valence-corrected chi connectivity index (χ3v) is 6.72. The van der Waals surface area contributed by atoms with Crippen molar-refractivity contribution < 1.29 is 24.2 Å². The van der Waals surface area contributed by atoms with Crippen LogP contribution in [-0.4, -0.2) is 31.0 Å². The summed E-state index contributed by atoms with van der Waals surface area (Å²) in [6.07, 6.45) is 0. The van der Waals surface area contributed by atoms with Crippen molar-refractivity contribution in [1.82, 2.24) is 0 Å². The molecule has 1 N–H and O–H groups in total. The number of Topliss-reactive ketones (excluding diaryl/α,β-unsaturated/α-hetero) is 1. The maximum absolute atomic E-state index is 13.5. The number of benzene rings is 3. The Bertz CT molecular complexity index is 1380. The third kappa shape index (κ3) is 4.03. The number of amides is 1. The van der Waals surface area contributed by atoms with Gasteiger partial charge in [-0.2, -0.15) is 0 Å². The number of ether oxygens (including phenoxy) is 2. The highest BCUT2D eigenvalue weighted by atomic mass is 35.5. The molecule has 3 aromatic carbocycles. The normalized spacial score (nSPS) is 17.1. The van der Waals surface area contributed by atoms with E-state index in [4.69, 9.17) is 32.7 Å². The number of carbonyl (C=O) groups is 2. The van der Waals surface area contributed by atoms with E-state index in [0.717, 1.165) is 11.1 Å². The van der Waals surface area contributed by atoms with E-state index in [0.29, 0.717) is 11.3 Å². The van der Waals surface area contributed by atoms with E-state index in [1.165, 1.54) is 25.2 Å². The Morgan fingerprint density at radius 1 is 0.914 bits per heavy atom. The first-order chi connectivity index (χ1) is 16.7. The van der Waals surface area contributed by atoms with E-state index in [-0.39, 0.29) is 32.7 Å². The molecule has 4 rings (SSSR count). The summed E-state index contributed by atoms with van der Waals surface area (Å²) in [7, 11) is 2.77. The molecular weight excluding hydrogens is 489 g/mol. The zero-order valence-electron chi connectivity index (χ0n) is 19.6. The van der Waals surface area contributed by atoms with Crippen LogP contribution in [0.4, 0.5) is 5.69 Å². The maximum atomic E-state index is 13.5. The van der Waals surface area contributed by atoms with Gasteiger partial charge in [-0.25, -0.2) is 0 Å². The lowest BCUT2D eigenvalue weighted by molar-refractivity contribution is -0.132. The Balaban J connectivity index is 2.06. The molecule has 1 heterocycles. The molecule has 1 atom stereocenters. The van der Waals surface area contributed by atoms with Gasteiger partial charge < -0.3 is 14.6 Å². The molecule has 1 amide bonds. The first-order valence-electron chi connectivity index (χ1n) is 10.7. The van der Waals surface area contributed by atoms with E-state index in [2.05, 4.69) is 0 Å². The first-order valence-corrected chi connectivity index (χ1v) is 11.5. The van der Waals surface area contributed by atoms with Crippen LogP contribution in [0.3, 0.4) is 0 Å². The summed E-state index contributed by atoms with van der Waals surface area (Å²) in [6.45, 7) is 3.74. The lowest BCUT2D eigenvalue weighted by Crippen LogP contribution is -2.30. The van der Waals surface area contributed by atoms with Crippen LogP contribution in [-0.2, 0) is 9.59 Å². The molecule has 180 valence electrons. The lowest BCUT2D eigenvalue weighted by atomic mass is 9.92. The molecule has 1 unspecified atom stereocenters. The molecule has 1 aliphatic heterocycles. The first kappa shape index (κ1) is 24.6. The van der Waals surface area contributed by atoms with Crippen LogP contribution < -0.4 is 14.4 Å². The summed E-state index contributed by atoms with van der Waals surface area (Å²) in [4.78, 5) is 28.3. The Kier molecular flexibility index (Phi) is 6.79. The number of rotatable bonds is 5. The van der Waals surface area contributed by atoms with Crippen molar-refractivity contribution in [2.75, 3.05) is 19.1 Å². The largest absolute Gasteiger partial charge is 0.507 e. The number of anilines is 1. The molecule has 0 radical (unpaired) electrons. The van der Waals surface area contributed by atoms with Crippen LogP contribution in [0, 0.1) is 13.8 Å². The van der Waals surface area contributed by atoms with Crippen molar-refractivity contribution in [3.05, 3.63) is 92.5 Å². The topological polar surface area (TPSA) is 76.1 Å². The molecule has 1 aliphatic rings. The summed E-state index contributed by atoms with van der Waals surface area (Å²) < 4.78 is 10.7. The highest BCUT2D eigenvalue weighted by Crippen LogP contribution is 2.48. The highest BCUT2D eigenvalue weighted by molar-refractivity contribution is 6.52. The van der Waals surface area contributed by atoms with Gasteiger partial charge in [-0.3, -0.25) is 14.5 Å². The standard InChI is InChI=1S/C27H23Cl2NO5/c1-14-9-5-7-11-16(14)22-20(24(32)27(33)30(22)19-12-8-6-10-15(19)2)23(31)17-13-18(28)26(35-4)21(29)25(17)34-3/h5-13,22,31H,1-4H3/b23-20+. The van der Waals surface area contributed by atoms with E-state index >= 15 is 0 Å². The molecule has 8 heteroatoms. The van der Waals surface area contributed by atoms with E-state index in [9.17, 15) is 14.7 Å². The zero-order valence-corrected chi connectivity index (χ0v) is 21.1. The van der Waals surface area contributed by atoms with Crippen LogP contribution in [0.25, 0.3) is 5.76 Å². The van der Waals surface area contributed by atoms with Gasteiger partial charge in [0, 0.05) is 5.69 Å². The number of aliphatic hydroxyl groups is 1. The maximum Gasteiger partial charge on any atom is 0.300 e. The second-order valence-electron chi connectivity index (χ2n) is 8.10. The summed E-state index contributed by atoms with van der Waals surface area (Å²) in [5, 5.41) is 11.7. The van der Waals surface area contributed by atoms with Crippen LogP contribution in [0.5, 0.6) is 11.5 Å². The molecule has 3 aromatic rings. The van der Waals surface area contributed by atoms with Crippen molar-refractivity contribution in [2.24, 2.45) is 0 Å². The average Bonchev–Trinajstić information content (AvgIpc) is 3.09. The Morgan fingerprint density at radius 3 is 2.11 bits per heavy atom. The van der Waals surface area contributed by atoms with E-state index in [1.807, 2.05) is 50.2 Å². The molecule has 6 nitrogen and oxygen atoms in total. The highest BCUT2D eigenvalue weighted by Gasteiger charge is 2.48. The smallest absolute Gasteiger partial charge is 0.300 e. The second-order valence-corrected chi connectivity index (χ2v) is 8.88. The van der Waals surface area contributed by atoms with Gasteiger partial charge in [-0.05, 0) is 42.7 Å². The number of nitrogens with zero attached hydrogens (tertiary/aromatic N) is 1. The quantitative estimate of drug-likeness (QED) is 0.248. The molecule has 0 spiro atoms. The van der Waals surface area contributed by atoms with Gasteiger partial charge in [0.2, 0.25) is 0 Å². The summed E-state index contributed by atoms with van der Waals surface area (Å²) >= 11 is 12.8. The van der Waals surface area contributed by atoms with Gasteiger partial charge in [0.15, 0.2) is 11.5 Å². The molecule has 1 fully saturated rings. The summed E-state index contributed by atoms with van der Waals surface area (Å²) in [5.41, 5.74) is 2.90. The van der Waals surface area contributed by atoms with Crippen molar-refractivity contribution in [3.63, 3.8) is 0 Å². The Labute approximate surface area is 213 Å². The third-order valence-electron chi connectivity index (χ3n) is 6.10. The van der Waals surface area contributed by atoms with Crippen LogP contribution in [0.2, 0.25) is 10.0 Å². The fourth-order valence-corrected chi connectivity index (χ4v) is 5.08. The molecule has 0 aromatic heterocycles. The van der Waals surface area contributed by atoms with Crippen LogP contribution in [0.1, 0.15) is 28.3 Å². The minimum atomic E-state index is -0.887. The molecule has 0 aliphatic carbocycles. The van der Waals surface area contributed by atoms with Crippen molar-refractivity contribution >= 4 is 46.3 Å². The molecule has 1 saturated heterocycles. The number of hydrogen-bond donors (Lipinski definition) is 1. The number of aryl methyl sites for hydroxylation is 2. The number of methoxy groups -OCH3 is 2. The van der Waals surface area contributed by atoms with Crippen molar-refractivity contribution in [1.29, 1.82) is 0 Å². The summed E-state index contributed by atoms with van der Waals surface area (Å²) in [6, 6.07) is 15.2. The number of hydrogen-bond acceptors (Lipinski definition) is 5. The number of ketones is 1. The predicted molar refractivity (Wildman–Crippen MR) is 137 cm³/mol. The number of para-hydroxylation sites is 1. The van der Waals surface area contributed by atoms with Crippen LogP contribution >= 0.6 is 23.2 Å². The van der Waals surface area contributed by atoms with Crippen molar-refractivity contribution in [3.8, 4) is 11.5 Å². The number of halogens is 2. The zero-order chi connectivity index (χ0) is 25.4. The number of carbonyl (C=O) groups excluding carboxylic acids is 2. The molecule has 0 saturated carbocycles. The Hall–Kier alpha value is -3.48. The lowest BCUT2D eigenvalue weighted by Gasteiger charge is -2.28. The molecule has 35 heavy (non-hydrogen) atoms. The van der Waals surface area contributed by atoms with E-state index < -0.39 is 23.5 Å². The fraction of sp³-hybridized carbons (Fsp3) is 0.185. The minimum absolute atomic E-state index is 0.0321. The van der Waals surface area contributed by atoms with Gasteiger partial charge in [0.05, 0.1) is 36.4 Å². The molecule has 0 bridgehead atoms. The molecular formula is C27H23Cl2NO5. The van der Waals surface area contributed by atoms with Gasteiger partial charge in [-0.15, -0.1) is 0 Å².